The Morgan fingerprint density at radius 2 is 1.63 bits per heavy atom. The molecule has 1 atom stereocenters. The lowest BCUT2D eigenvalue weighted by molar-refractivity contribution is -0.140. The van der Waals surface area contributed by atoms with Gasteiger partial charge in [-0.25, -0.2) is 0 Å². The average Bonchev–Trinajstić information content (AvgIpc) is 3.28. The second-order valence-corrected chi connectivity index (χ2v) is 10.2. The first-order chi connectivity index (χ1) is 20.1. The Morgan fingerprint density at radius 1 is 0.854 bits per heavy atom. The molecule has 3 aromatic rings. The van der Waals surface area contributed by atoms with Crippen molar-refractivity contribution < 1.29 is 33.6 Å². The van der Waals surface area contributed by atoms with Gasteiger partial charge in [0.25, 0.3) is 11.7 Å². The van der Waals surface area contributed by atoms with Crippen molar-refractivity contribution in [1.82, 2.24) is 9.80 Å². The maximum Gasteiger partial charge on any atom is 0.295 e. The number of carbonyl (C=O) groups is 2. The fourth-order valence-electron chi connectivity index (χ4n) is 5.39. The Morgan fingerprint density at radius 3 is 2.44 bits per heavy atom. The maximum atomic E-state index is 13.5. The molecule has 9 nitrogen and oxygen atoms in total. The van der Waals surface area contributed by atoms with Gasteiger partial charge in [-0.1, -0.05) is 42.5 Å². The Bertz CT molecular complexity index is 1450. The van der Waals surface area contributed by atoms with Gasteiger partial charge in [0.15, 0.2) is 11.5 Å². The van der Waals surface area contributed by atoms with Crippen LogP contribution >= 0.6 is 0 Å². The van der Waals surface area contributed by atoms with Crippen molar-refractivity contribution in [1.29, 1.82) is 0 Å². The van der Waals surface area contributed by atoms with Gasteiger partial charge in [0, 0.05) is 31.7 Å². The van der Waals surface area contributed by atoms with Gasteiger partial charge in [-0.05, 0) is 41.5 Å². The van der Waals surface area contributed by atoms with Crippen LogP contribution in [-0.2, 0) is 20.9 Å². The molecular weight excluding hydrogens is 524 g/mol. The van der Waals surface area contributed by atoms with Gasteiger partial charge in [-0.3, -0.25) is 14.5 Å². The highest BCUT2D eigenvalue weighted by atomic mass is 16.6. The van der Waals surface area contributed by atoms with E-state index < -0.39 is 17.7 Å². The van der Waals surface area contributed by atoms with Gasteiger partial charge in [0.1, 0.15) is 31.3 Å². The van der Waals surface area contributed by atoms with Crippen LogP contribution in [0.15, 0.2) is 78.4 Å². The topological polar surface area (TPSA) is 97.8 Å². The summed E-state index contributed by atoms with van der Waals surface area (Å²) in [4.78, 5) is 30.7. The molecule has 0 unspecified atom stereocenters. The molecule has 3 aliphatic rings. The molecule has 0 bridgehead atoms. The fraction of sp³-hybridized carbons (Fsp3) is 0.312. The quantitative estimate of drug-likeness (QED) is 0.254. The van der Waals surface area contributed by atoms with Crippen molar-refractivity contribution in [2.45, 2.75) is 12.6 Å². The Kier molecular flexibility index (Phi) is 7.89. The minimum Gasteiger partial charge on any atom is -0.507 e. The number of benzene rings is 3. The molecule has 2 saturated heterocycles. The number of nitrogens with zero attached hydrogens (tertiary/aromatic N) is 2. The van der Waals surface area contributed by atoms with E-state index in [0.717, 1.165) is 18.7 Å². The van der Waals surface area contributed by atoms with E-state index in [1.807, 2.05) is 54.6 Å². The molecule has 0 aliphatic carbocycles. The van der Waals surface area contributed by atoms with Crippen molar-refractivity contribution in [2.24, 2.45) is 0 Å². The smallest absolute Gasteiger partial charge is 0.295 e. The van der Waals surface area contributed by atoms with E-state index in [-0.39, 0.29) is 11.3 Å². The third-order valence-corrected chi connectivity index (χ3v) is 7.54. The lowest BCUT2D eigenvalue weighted by Gasteiger charge is -2.31. The number of hydrogen-bond donors (Lipinski definition) is 1. The van der Waals surface area contributed by atoms with E-state index in [1.54, 1.807) is 23.1 Å². The molecule has 6 rings (SSSR count). The number of amides is 1. The standard InChI is InChI=1S/C32H32N2O7/c35-30(24-9-10-26-27(20-24)40-18-17-39-26)28-29(34(32(37)31(28)36)12-11-33-13-15-38-16-14-33)23-7-4-8-25(19-23)41-21-22-5-2-1-3-6-22/h1-10,19-20,29,35H,11-18,21H2/t29-/m0/s1. The zero-order chi connectivity index (χ0) is 28.2. The molecule has 9 heteroatoms. The van der Waals surface area contributed by atoms with E-state index in [1.165, 1.54) is 0 Å². The average molecular weight is 557 g/mol. The molecule has 212 valence electrons. The Balaban J connectivity index is 1.35. The highest BCUT2D eigenvalue weighted by molar-refractivity contribution is 6.46. The molecule has 3 aromatic carbocycles. The molecule has 2 fully saturated rings. The highest BCUT2D eigenvalue weighted by Gasteiger charge is 2.46. The van der Waals surface area contributed by atoms with Crippen LogP contribution in [0.25, 0.3) is 5.76 Å². The predicted octanol–water partition coefficient (Wildman–Crippen LogP) is 3.79. The Hall–Kier alpha value is -4.34. The van der Waals surface area contributed by atoms with Gasteiger partial charge in [0.05, 0.1) is 24.8 Å². The summed E-state index contributed by atoms with van der Waals surface area (Å²) in [5, 5.41) is 11.5. The summed E-state index contributed by atoms with van der Waals surface area (Å²) in [5.74, 6) is 0.0328. The number of aliphatic hydroxyl groups is 1. The summed E-state index contributed by atoms with van der Waals surface area (Å²) >= 11 is 0. The van der Waals surface area contributed by atoms with Crippen LogP contribution in [0.3, 0.4) is 0 Å². The summed E-state index contributed by atoms with van der Waals surface area (Å²) in [6.07, 6.45) is 0. The number of carbonyl (C=O) groups excluding carboxylic acids is 2. The number of ether oxygens (including phenoxy) is 4. The fourth-order valence-corrected chi connectivity index (χ4v) is 5.39. The third-order valence-electron chi connectivity index (χ3n) is 7.54. The van der Waals surface area contributed by atoms with Crippen molar-refractivity contribution in [2.75, 3.05) is 52.6 Å². The molecule has 3 heterocycles. The molecule has 0 saturated carbocycles. The first kappa shape index (κ1) is 26.9. The van der Waals surface area contributed by atoms with Crippen molar-refractivity contribution in [3.63, 3.8) is 0 Å². The number of hydrogen-bond acceptors (Lipinski definition) is 8. The van der Waals surface area contributed by atoms with Gasteiger partial charge < -0.3 is 29.0 Å². The van der Waals surface area contributed by atoms with Crippen LogP contribution in [0.4, 0.5) is 0 Å². The zero-order valence-electron chi connectivity index (χ0n) is 22.7. The summed E-state index contributed by atoms with van der Waals surface area (Å²) in [7, 11) is 0. The van der Waals surface area contributed by atoms with Crippen LogP contribution in [0.2, 0.25) is 0 Å². The lowest BCUT2D eigenvalue weighted by Crippen LogP contribution is -2.42. The first-order valence-corrected chi connectivity index (χ1v) is 13.8. The van der Waals surface area contributed by atoms with Crippen molar-refractivity contribution in [3.8, 4) is 17.2 Å². The number of rotatable bonds is 8. The molecule has 0 aromatic heterocycles. The minimum atomic E-state index is -0.787. The molecule has 0 spiro atoms. The van der Waals surface area contributed by atoms with Crippen LogP contribution in [0.5, 0.6) is 17.2 Å². The van der Waals surface area contributed by atoms with E-state index in [4.69, 9.17) is 18.9 Å². The highest BCUT2D eigenvalue weighted by Crippen LogP contribution is 2.41. The van der Waals surface area contributed by atoms with Gasteiger partial charge in [0.2, 0.25) is 0 Å². The number of aliphatic hydroxyl groups excluding tert-OH is 1. The predicted molar refractivity (Wildman–Crippen MR) is 151 cm³/mol. The number of morpholine rings is 1. The van der Waals surface area contributed by atoms with Crippen molar-refractivity contribution in [3.05, 3.63) is 95.1 Å². The number of ketones is 1. The number of fused-ring (bicyclic) bond motifs is 1. The normalized spacial score (nSPS) is 20.3. The van der Waals surface area contributed by atoms with E-state index in [2.05, 4.69) is 4.90 Å². The van der Waals surface area contributed by atoms with Crippen LogP contribution in [0, 0.1) is 0 Å². The molecule has 0 radical (unpaired) electrons. The summed E-state index contributed by atoms with van der Waals surface area (Å²) in [6.45, 7) is 4.89. The van der Waals surface area contributed by atoms with Gasteiger partial charge >= 0.3 is 0 Å². The monoisotopic (exact) mass is 556 g/mol. The van der Waals surface area contributed by atoms with E-state index >= 15 is 0 Å². The molecule has 3 aliphatic heterocycles. The second-order valence-electron chi connectivity index (χ2n) is 10.2. The minimum absolute atomic E-state index is 0.0360. The SMILES string of the molecule is O=C1C(=O)N(CCN2CCOCC2)[C@@H](c2cccc(OCc3ccccc3)c2)C1=C(O)c1ccc2c(c1)OCCO2. The molecule has 41 heavy (non-hydrogen) atoms. The van der Waals surface area contributed by atoms with Gasteiger partial charge in [-0.2, -0.15) is 0 Å². The largest absolute Gasteiger partial charge is 0.507 e. The van der Waals surface area contributed by atoms with Gasteiger partial charge in [-0.15, -0.1) is 0 Å². The molecule has 1 amide bonds. The van der Waals surface area contributed by atoms with E-state index in [9.17, 15) is 14.7 Å². The zero-order valence-corrected chi connectivity index (χ0v) is 22.7. The van der Waals surface area contributed by atoms with Crippen LogP contribution in [-0.4, -0.2) is 79.2 Å². The van der Waals surface area contributed by atoms with E-state index in [0.29, 0.717) is 74.5 Å². The third kappa shape index (κ3) is 5.77. The molecular formula is C32H32N2O7. The van der Waals surface area contributed by atoms with Crippen LogP contribution in [0.1, 0.15) is 22.7 Å². The number of likely N-dealkylation sites (tertiary alicyclic amines) is 1. The lowest BCUT2D eigenvalue weighted by atomic mass is 9.95. The Labute approximate surface area is 238 Å². The molecule has 1 N–H and O–H groups in total. The number of Topliss-reactive ketones (excluding diaryl/α,β-unsaturated/α-hetero) is 1. The van der Waals surface area contributed by atoms with Crippen molar-refractivity contribution >= 4 is 17.4 Å². The second kappa shape index (κ2) is 12.0. The first-order valence-electron chi connectivity index (χ1n) is 13.8. The summed E-state index contributed by atoms with van der Waals surface area (Å²) in [6, 6.07) is 21.4. The maximum absolute atomic E-state index is 13.5. The summed E-state index contributed by atoms with van der Waals surface area (Å²) in [5.41, 5.74) is 2.11. The van der Waals surface area contributed by atoms with Crippen LogP contribution < -0.4 is 14.2 Å². The summed E-state index contributed by atoms with van der Waals surface area (Å²) < 4.78 is 22.8.